The van der Waals surface area contributed by atoms with Crippen LogP contribution in [0.25, 0.3) is 0 Å². The van der Waals surface area contributed by atoms with Crippen molar-refractivity contribution in [3.05, 3.63) is 11.7 Å². The zero-order chi connectivity index (χ0) is 16.2. The van der Waals surface area contributed by atoms with Gasteiger partial charge in [0.2, 0.25) is 5.89 Å². The fraction of sp³-hybridized carbons (Fsp3) is 0.800. The van der Waals surface area contributed by atoms with Crippen LogP contribution in [0.15, 0.2) is 9.52 Å². The molecule has 0 amide bonds. The molecule has 23 heavy (non-hydrogen) atoms. The van der Waals surface area contributed by atoms with E-state index in [1.165, 1.54) is 6.42 Å². The van der Waals surface area contributed by atoms with Gasteiger partial charge in [0.1, 0.15) is 6.10 Å². The van der Waals surface area contributed by atoms with E-state index in [4.69, 9.17) is 14.0 Å². The van der Waals surface area contributed by atoms with Gasteiger partial charge in [-0.05, 0) is 33.1 Å². The van der Waals surface area contributed by atoms with Crippen LogP contribution >= 0.6 is 0 Å². The number of hydrogen-bond donors (Lipinski definition) is 2. The molecule has 2 N–H and O–H groups in total. The molecule has 0 spiro atoms. The highest BCUT2D eigenvalue weighted by molar-refractivity contribution is 5.80. The average Bonchev–Trinajstić information content (AvgIpc) is 3.27. The Morgan fingerprint density at radius 1 is 1.48 bits per heavy atom. The predicted molar refractivity (Wildman–Crippen MR) is 84.0 cm³/mol. The second-order valence-corrected chi connectivity index (χ2v) is 5.93. The van der Waals surface area contributed by atoms with E-state index < -0.39 is 0 Å². The number of guanidine groups is 1. The third-order valence-electron chi connectivity index (χ3n) is 4.32. The molecule has 2 bridgehead atoms. The smallest absolute Gasteiger partial charge is 0.246 e. The predicted octanol–water partition coefficient (Wildman–Crippen LogP) is 1.15. The van der Waals surface area contributed by atoms with E-state index in [-0.39, 0.29) is 6.10 Å². The molecule has 0 radical (unpaired) electrons. The molecule has 1 aromatic rings. The summed E-state index contributed by atoms with van der Waals surface area (Å²) < 4.78 is 16.5. The molecule has 128 valence electrons. The van der Waals surface area contributed by atoms with Crippen LogP contribution in [-0.2, 0) is 16.0 Å². The molecule has 2 fully saturated rings. The van der Waals surface area contributed by atoms with E-state index in [1.807, 2.05) is 13.8 Å². The molecule has 2 saturated heterocycles. The molecule has 8 nitrogen and oxygen atoms in total. The van der Waals surface area contributed by atoms with Crippen LogP contribution < -0.4 is 10.6 Å². The summed E-state index contributed by atoms with van der Waals surface area (Å²) in [6.45, 7) is 4.88. The van der Waals surface area contributed by atoms with E-state index in [9.17, 15) is 0 Å². The van der Waals surface area contributed by atoms with Gasteiger partial charge >= 0.3 is 0 Å². The fourth-order valence-corrected chi connectivity index (χ4v) is 3.15. The van der Waals surface area contributed by atoms with Crippen molar-refractivity contribution in [3.8, 4) is 0 Å². The lowest BCUT2D eigenvalue weighted by Crippen LogP contribution is -2.47. The maximum absolute atomic E-state index is 5.85. The molecular weight excluding hydrogens is 298 g/mol. The van der Waals surface area contributed by atoms with Gasteiger partial charge < -0.3 is 24.6 Å². The Morgan fingerprint density at radius 3 is 3.00 bits per heavy atom. The van der Waals surface area contributed by atoms with Gasteiger partial charge in [0.25, 0.3) is 0 Å². The van der Waals surface area contributed by atoms with Crippen LogP contribution in [0.3, 0.4) is 0 Å². The minimum atomic E-state index is -0.166. The Morgan fingerprint density at radius 2 is 2.35 bits per heavy atom. The maximum atomic E-state index is 5.85. The van der Waals surface area contributed by atoms with Crippen LogP contribution in [0, 0.1) is 0 Å². The molecule has 4 atom stereocenters. The minimum Gasteiger partial charge on any atom is -0.373 e. The number of rotatable bonds is 6. The van der Waals surface area contributed by atoms with Crippen molar-refractivity contribution in [1.82, 2.24) is 20.8 Å². The van der Waals surface area contributed by atoms with Gasteiger partial charge in [-0.25, -0.2) is 0 Å². The monoisotopic (exact) mass is 323 g/mol. The van der Waals surface area contributed by atoms with Crippen molar-refractivity contribution >= 4 is 5.96 Å². The molecule has 0 saturated carbocycles. The molecule has 8 heteroatoms. The molecule has 2 aliphatic heterocycles. The Kier molecular flexibility index (Phi) is 5.12. The van der Waals surface area contributed by atoms with Gasteiger partial charge in [-0.1, -0.05) is 5.16 Å². The van der Waals surface area contributed by atoms with Crippen molar-refractivity contribution < 1.29 is 14.0 Å². The van der Waals surface area contributed by atoms with Crippen LogP contribution in [0.1, 0.15) is 50.9 Å². The summed E-state index contributed by atoms with van der Waals surface area (Å²) in [5.74, 6) is 1.80. The summed E-state index contributed by atoms with van der Waals surface area (Å²) in [7, 11) is 1.75. The van der Waals surface area contributed by atoms with Gasteiger partial charge in [0.05, 0.1) is 24.8 Å². The molecule has 2 aliphatic rings. The second kappa shape index (κ2) is 7.27. The summed E-state index contributed by atoms with van der Waals surface area (Å²) in [6, 6.07) is 0.330. The Labute approximate surface area is 136 Å². The fourth-order valence-electron chi connectivity index (χ4n) is 3.15. The standard InChI is InChI=1S/C15H25N5O3/c1-4-21-9(2)14-19-13(23-20-14)8-17-15(16-3)18-11-7-10-5-6-12(11)22-10/h9-12H,4-8H2,1-3H3,(H2,16,17,18). The maximum Gasteiger partial charge on any atom is 0.246 e. The van der Waals surface area contributed by atoms with Crippen molar-refractivity contribution in [1.29, 1.82) is 0 Å². The van der Waals surface area contributed by atoms with Gasteiger partial charge in [-0.15, -0.1) is 0 Å². The third kappa shape index (κ3) is 3.81. The SMILES string of the molecule is CCOC(C)c1noc(CNC(=NC)NC2CC3CCC2O3)n1. The van der Waals surface area contributed by atoms with Gasteiger partial charge in [0, 0.05) is 13.7 Å². The molecule has 0 aliphatic carbocycles. The number of nitrogens with zero attached hydrogens (tertiary/aromatic N) is 3. The first-order chi connectivity index (χ1) is 11.2. The van der Waals surface area contributed by atoms with E-state index in [0.29, 0.717) is 43.1 Å². The molecule has 0 aromatic carbocycles. The summed E-state index contributed by atoms with van der Waals surface area (Å²) in [5, 5.41) is 10.6. The van der Waals surface area contributed by atoms with Crippen LogP contribution in [-0.4, -0.2) is 48.0 Å². The highest BCUT2D eigenvalue weighted by Gasteiger charge is 2.41. The Bertz CT molecular complexity index is 547. The topological polar surface area (TPSA) is 93.8 Å². The average molecular weight is 323 g/mol. The number of aliphatic imine (C=N–C) groups is 1. The van der Waals surface area contributed by atoms with E-state index in [0.717, 1.165) is 18.8 Å². The molecule has 4 unspecified atom stereocenters. The highest BCUT2D eigenvalue weighted by atomic mass is 16.5. The lowest BCUT2D eigenvalue weighted by Gasteiger charge is -2.22. The number of fused-ring (bicyclic) bond motifs is 2. The number of ether oxygens (including phenoxy) is 2. The van der Waals surface area contributed by atoms with Crippen molar-refractivity contribution in [2.75, 3.05) is 13.7 Å². The lowest BCUT2D eigenvalue weighted by atomic mass is 9.96. The quantitative estimate of drug-likeness (QED) is 0.599. The van der Waals surface area contributed by atoms with Gasteiger partial charge in [0.15, 0.2) is 11.8 Å². The molecular formula is C15H25N5O3. The highest BCUT2D eigenvalue weighted by Crippen LogP contribution is 2.34. The first kappa shape index (κ1) is 16.2. The number of nitrogens with one attached hydrogen (secondary N) is 2. The second-order valence-electron chi connectivity index (χ2n) is 5.93. The Balaban J connectivity index is 1.48. The lowest BCUT2D eigenvalue weighted by molar-refractivity contribution is 0.0683. The largest absolute Gasteiger partial charge is 0.373 e. The summed E-state index contributed by atoms with van der Waals surface area (Å²) >= 11 is 0. The first-order valence-electron chi connectivity index (χ1n) is 8.26. The number of aromatic nitrogens is 2. The zero-order valence-electron chi connectivity index (χ0n) is 13.9. The molecule has 1 aromatic heterocycles. The Hall–Kier alpha value is -1.67. The zero-order valence-corrected chi connectivity index (χ0v) is 13.9. The molecule has 3 rings (SSSR count). The van der Waals surface area contributed by atoms with E-state index in [2.05, 4.69) is 25.8 Å². The normalized spacial score (nSPS) is 28.1. The van der Waals surface area contributed by atoms with E-state index >= 15 is 0 Å². The van der Waals surface area contributed by atoms with Crippen molar-refractivity contribution in [2.45, 2.75) is 64.0 Å². The van der Waals surface area contributed by atoms with Crippen LogP contribution in [0.2, 0.25) is 0 Å². The summed E-state index contributed by atoms with van der Waals surface area (Å²) in [5.41, 5.74) is 0. The first-order valence-corrected chi connectivity index (χ1v) is 8.26. The minimum absolute atomic E-state index is 0.166. The van der Waals surface area contributed by atoms with Crippen molar-refractivity contribution in [3.63, 3.8) is 0 Å². The van der Waals surface area contributed by atoms with Gasteiger partial charge in [-0.3, -0.25) is 4.99 Å². The summed E-state index contributed by atoms with van der Waals surface area (Å²) in [4.78, 5) is 8.58. The summed E-state index contributed by atoms with van der Waals surface area (Å²) in [6.07, 6.45) is 3.90. The number of hydrogen-bond acceptors (Lipinski definition) is 6. The van der Waals surface area contributed by atoms with E-state index in [1.54, 1.807) is 7.05 Å². The molecule has 3 heterocycles. The van der Waals surface area contributed by atoms with Crippen molar-refractivity contribution in [2.24, 2.45) is 4.99 Å². The van der Waals surface area contributed by atoms with Crippen LogP contribution in [0.5, 0.6) is 0 Å². The van der Waals surface area contributed by atoms with Gasteiger partial charge in [-0.2, -0.15) is 4.98 Å². The van der Waals surface area contributed by atoms with Crippen LogP contribution in [0.4, 0.5) is 0 Å². The third-order valence-corrected chi connectivity index (χ3v) is 4.32.